The lowest BCUT2D eigenvalue weighted by atomic mass is 9.91. The Balaban J connectivity index is 2.56. The molecule has 112 valence electrons. The van der Waals surface area contributed by atoms with Gasteiger partial charge in [-0.15, -0.1) is 0 Å². The van der Waals surface area contributed by atoms with Gasteiger partial charge in [0.25, 0.3) is 0 Å². The molecule has 0 saturated heterocycles. The second-order valence-electron chi connectivity index (χ2n) is 5.69. The van der Waals surface area contributed by atoms with Gasteiger partial charge >= 0.3 is 0 Å². The van der Waals surface area contributed by atoms with Crippen LogP contribution in [0.15, 0.2) is 30.5 Å². The van der Waals surface area contributed by atoms with Crippen molar-refractivity contribution in [2.45, 2.75) is 47.1 Å². The maximum absolute atomic E-state index is 4.68. The molecular formula is C19H26N2. The third kappa shape index (κ3) is 3.33. The highest BCUT2D eigenvalue weighted by Crippen LogP contribution is 2.28. The molecule has 0 saturated carbocycles. The predicted octanol–water partition coefficient (Wildman–Crippen LogP) is 4.27. The van der Waals surface area contributed by atoms with Crippen LogP contribution in [0, 0.1) is 20.8 Å². The summed E-state index contributed by atoms with van der Waals surface area (Å²) in [6, 6.07) is 8.97. The van der Waals surface area contributed by atoms with Crippen molar-refractivity contribution in [3.05, 3.63) is 64.0 Å². The van der Waals surface area contributed by atoms with E-state index in [9.17, 15) is 0 Å². The van der Waals surface area contributed by atoms with Gasteiger partial charge < -0.3 is 5.32 Å². The van der Waals surface area contributed by atoms with Crippen molar-refractivity contribution < 1.29 is 0 Å². The first-order valence-electron chi connectivity index (χ1n) is 7.83. The molecule has 0 amide bonds. The average molecular weight is 282 g/mol. The first-order chi connectivity index (χ1) is 10.1. The van der Waals surface area contributed by atoms with E-state index < -0.39 is 0 Å². The fourth-order valence-electron chi connectivity index (χ4n) is 2.86. The van der Waals surface area contributed by atoms with Crippen LogP contribution in [0.25, 0.3) is 0 Å². The Morgan fingerprint density at radius 2 is 1.76 bits per heavy atom. The molecule has 0 fully saturated rings. The van der Waals surface area contributed by atoms with Crippen molar-refractivity contribution in [1.29, 1.82) is 0 Å². The number of hydrogen-bond donors (Lipinski definition) is 1. The SMILES string of the molecule is CCNC(c1cc(C)c(C)cc1C)c1ncccc1CC. The minimum atomic E-state index is 0.172. The predicted molar refractivity (Wildman–Crippen MR) is 89.8 cm³/mol. The van der Waals surface area contributed by atoms with Crippen LogP contribution in [0.2, 0.25) is 0 Å². The number of aromatic nitrogens is 1. The first-order valence-corrected chi connectivity index (χ1v) is 7.83. The summed E-state index contributed by atoms with van der Waals surface area (Å²) in [5.74, 6) is 0. The normalized spacial score (nSPS) is 12.4. The fraction of sp³-hybridized carbons (Fsp3) is 0.421. The van der Waals surface area contributed by atoms with Crippen LogP contribution < -0.4 is 5.32 Å². The molecule has 1 unspecified atom stereocenters. The van der Waals surface area contributed by atoms with Crippen LogP contribution in [0.4, 0.5) is 0 Å². The maximum atomic E-state index is 4.68. The zero-order valence-corrected chi connectivity index (χ0v) is 13.8. The Morgan fingerprint density at radius 1 is 1.05 bits per heavy atom. The van der Waals surface area contributed by atoms with Crippen molar-refractivity contribution in [2.75, 3.05) is 6.54 Å². The van der Waals surface area contributed by atoms with E-state index in [1.807, 2.05) is 12.3 Å². The first kappa shape index (κ1) is 15.7. The molecule has 0 radical (unpaired) electrons. The molecule has 21 heavy (non-hydrogen) atoms. The molecule has 2 aromatic rings. The van der Waals surface area contributed by atoms with Gasteiger partial charge in [-0.25, -0.2) is 0 Å². The summed E-state index contributed by atoms with van der Waals surface area (Å²) in [5, 5.41) is 3.61. The van der Waals surface area contributed by atoms with E-state index in [1.165, 1.54) is 27.8 Å². The highest BCUT2D eigenvalue weighted by Gasteiger charge is 2.19. The van der Waals surface area contributed by atoms with Crippen molar-refractivity contribution >= 4 is 0 Å². The summed E-state index contributed by atoms with van der Waals surface area (Å²) in [5.41, 5.74) is 7.84. The maximum Gasteiger partial charge on any atom is 0.0756 e. The fourth-order valence-corrected chi connectivity index (χ4v) is 2.86. The molecule has 1 aromatic heterocycles. The van der Waals surface area contributed by atoms with Gasteiger partial charge in [-0.3, -0.25) is 4.98 Å². The molecule has 0 spiro atoms. The lowest BCUT2D eigenvalue weighted by Gasteiger charge is -2.23. The van der Waals surface area contributed by atoms with Gasteiger partial charge in [0.2, 0.25) is 0 Å². The zero-order chi connectivity index (χ0) is 15.4. The Bertz CT molecular complexity index is 617. The summed E-state index contributed by atoms with van der Waals surface area (Å²) in [6.45, 7) is 11.8. The van der Waals surface area contributed by atoms with E-state index in [-0.39, 0.29) is 6.04 Å². The van der Waals surface area contributed by atoms with Crippen LogP contribution in [0.1, 0.15) is 53.4 Å². The van der Waals surface area contributed by atoms with E-state index >= 15 is 0 Å². The Kier molecular flexibility index (Phi) is 5.13. The van der Waals surface area contributed by atoms with Gasteiger partial charge in [-0.2, -0.15) is 0 Å². The van der Waals surface area contributed by atoms with Crippen LogP contribution in [0.5, 0.6) is 0 Å². The monoisotopic (exact) mass is 282 g/mol. The third-order valence-electron chi connectivity index (χ3n) is 4.18. The van der Waals surface area contributed by atoms with Crippen molar-refractivity contribution in [3.63, 3.8) is 0 Å². The molecule has 1 aromatic carbocycles. The molecule has 2 heteroatoms. The molecule has 1 heterocycles. The van der Waals surface area contributed by atoms with E-state index in [4.69, 9.17) is 0 Å². The van der Waals surface area contributed by atoms with Gasteiger partial charge in [-0.05, 0) is 67.6 Å². The van der Waals surface area contributed by atoms with Gasteiger partial charge in [0, 0.05) is 6.20 Å². The van der Waals surface area contributed by atoms with Gasteiger partial charge in [0.1, 0.15) is 0 Å². The van der Waals surface area contributed by atoms with E-state index in [0.717, 1.165) is 18.7 Å². The smallest absolute Gasteiger partial charge is 0.0756 e. The second kappa shape index (κ2) is 6.86. The third-order valence-corrected chi connectivity index (χ3v) is 4.18. The van der Waals surface area contributed by atoms with Crippen molar-refractivity contribution in [2.24, 2.45) is 0 Å². The number of rotatable bonds is 5. The molecule has 1 atom stereocenters. The van der Waals surface area contributed by atoms with Crippen LogP contribution in [0.3, 0.4) is 0 Å². The number of nitrogens with zero attached hydrogens (tertiary/aromatic N) is 1. The van der Waals surface area contributed by atoms with Crippen molar-refractivity contribution in [3.8, 4) is 0 Å². The number of benzene rings is 1. The standard InChI is InChI=1S/C19H26N2/c1-6-16-9-8-10-21-18(16)19(20-7-2)17-12-14(4)13(3)11-15(17)5/h8-12,19-20H,6-7H2,1-5H3. The molecular weight excluding hydrogens is 256 g/mol. The topological polar surface area (TPSA) is 24.9 Å². The Hall–Kier alpha value is -1.67. The summed E-state index contributed by atoms with van der Waals surface area (Å²) in [4.78, 5) is 4.68. The molecule has 1 N–H and O–H groups in total. The molecule has 2 nitrogen and oxygen atoms in total. The zero-order valence-electron chi connectivity index (χ0n) is 13.8. The summed E-state index contributed by atoms with van der Waals surface area (Å²) in [7, 11) is 0. The molecule has 0 bridgehead atoms. The summed E-state index contributed by atoms with van der Waals surface area (Å²) < 4.78 is 0. The van der Waals surface area contributed by atoms with E-state index in [2.05, 4.69) is 63.1 Å². The van der Waals surface area contributed by atoms with Gasteiger partial charge in [0.05, 0.1) is 11.7 Å². The average Bonchev–Trinajstić information content (AvgIpc) is 2.49. The van der Waals surface area contributed by atoms with Gasteiger partial charge in [0.15, 0.2) is 0 Å². The summed E-state index contributed by atoms with van der Waals surface area (Å²) in [6.07, 6.45) is 2.91. The quantitative estimate of drug-likeness (QED) is 0.886. The number of pyridine rings is 1. The lowest BCUT2D eigenvalue weighted by Crippen LogP contribution is -2.25. The van der Waals surface area contributed by atoms with E-state index in [1.54, 1.807) is 0 Å². The highest BCUT2D eigenvalue weighted by molar-refractivity contribution is 5.42. The molecule has 0 aliphatic rings. The number of nitrogens with one attached hydrogen (secondary N) is 1. The highest BCUT2D eigenvalue weighted by atomic mass is 14.9. The largest absolute Gasteiger partial charge is 0.305 e. The molecule has 0 aliphatic heterocycles. The lowest BCUT2D eigenvalue weighted by molar-refractivity contribution is 0.606. The van der Waals surface area contributed by atoms with Gasteiger partial charge in [-0.1, -0.05) is 32.0 Å². The van der Waals surface area contributed by atoms with E-state index in [0.29, 0.717) is 0 Å². The number of aryl methyl sites for hydroxylation is 4. The molecule has 2 rings (SSSR count). The van der Waals surface area contributed by atoms with Crippen LogP contribution in [-0.4, -0.2) is 11.5 Å². The van der Waals surface area contributed by atoms with Crippen molar-refractivity contribution in [1.82, 2.24) is 10.3 Å². The minimum absolute atomic E-state index is 0.172. The summed E-state index contributed by atoms with van der Waals surface area (Å²) >= 11 is 0. The van der Waals surface area contributed by atoms with Crippen LogP contribution >= 0.6 is 0 Å². The Labute approximate surface area is 128 Å². The molecule has 0 aliphatic carbocycles. The number of hydrogen-bond acceptors (Lipinski definition) is 2. The van der Waals surface area contributed by atoms with Crippen LogP contribution in [-0.2, 0) is 6.42 Å². The minimum Gasteiger partial charge on any atom is -0.305 e. The Morgan fingerprint density at radius 3 is 2.43 bits per heavy atom. The second-order valence-corrected chi connectivity index (χ2v) is 5.69.